The van der Waals surface area contributed by atoms with Gasteiger partial charge < -0.3 is 10.0 Å². The second kappa shape index (κ2) is 3.77. The van der Waals surface area contributed by atoms with Crippen molar-refractivity contribution in [2.24, 2.45) is 0 Å². The van der Waals surface area contributed by atoms with Crippen LogP contribution in [0, 0.1) is 0 Å². The third kappa shape index (κ3) is 3.41. The van der Waals surface area contributed by atoms with Crippen molar-refractivity contribution in [2.45, 2.75) is 0 Å². The first-order valence-corrected chi connectivity index (χ1v) is 2.84. The molecule has 11 heavy (non-hydrogen) atoms. The summed E-state index contributed by atoms with van der Waals surface area (Å²) in [6.45, 7) is -0.711. The zero-order chi connectivity index (χ0) is 9.02. The summed E-state index contributed by atoms with van der Waals surface area (Å²) in [5, 5.41) is 17.0. The maximum absolute atomic E-state index is 10.7. The van der Waals surface area contributed by atoms with Gasteiger partial charge in [0.25, 0.3) is 0 Å². The fourth-order valence-corrected chi connectivity index (χ4v) is 0.427. The third-order valence-corrected chi connectivity index (χ3v) is 0.888. The van der Waals surface area contributed by atoms with Crippen molar-refractivity contribution in [2.75, 3.05) is 20.6 Å². The van der Waals surface area contributed by atoms with Gasteiger partial charge in [-0.25, -0.2) is 4.79 Å². The van der Waals surface area contributed by atoms with Crippen molar-refractivity contribution < 1.29 is 19.9 Å². The highest BCUT2D eigenvalue weighted by Crippen LogP contribution is 1.88. The van der Waals surface area contributed by atoms with Crippen LogP contribution in [0.1, 0.15) is 0 Å². The molecular formula is C5H10N2O4. The Hall–Kier alpha value is -1.30. The van der Waals surface area contributed by atoms with Gasteiger partial charge in [0.2, 0.25) is 0 Å². The molecule has 0 aliphatic carbocycles. The van der Waals surface area contributed by atoms with Gasteiger partial charge in [0.05, 0.1) is 0 Å². The normalized spacial score (nSPS) is 9.00. The molecule has 64 valence electrons. The summed E-state index contributed by atoms with van der Waals surface area (Å²) < 4.78 is 0. The van der Waals surface area contributed by atoms with E-state index in [-0.39, 0.29) is 5.06 Å². The Balaban J connectivity index is 3.93. The number of carboxylic acids is 1. The second-order valence-corrected chi connectivity index (χ2v) is 2.13. The van der Waals surface area contributed by atoms with Gasteiger partial charge in [0.1, 0.15) is 6.54 Å². The standard InChI is InChI=1S/C5H10N2O4/c1-6(2)5(10)7(11)3-4(8)9/h11H,3H2,1-2H3,(H,8,9). The maximum Gasteiger partial charge on any atom is 0.343 e. The predicted octanol–water partition coefficient (Wildman–Crippen LogP) is -0.556. The van der Waals surface area contributed by atoms with Crippen molar-refractivity contribution in [1.82, 2.24) is 9.96 Å². The van der Waals surface area contributed by atoms with Gasteiger partial charge in [-0.15, -0.1) is 0 Å². The van der Waals surface area contributed by atoms with Crippen LogP contribution >= 0.6 is 0 Å². The summed E-state index contributed by atoms with van der Waals surface area (Å²) in [4.78, 5) is 21.8. The van der Waals surface area contributed by atoms with Crippen molar-refractivity contribution in [1.29, 1.82) is 0 Å². The molecule has 0 aromatic heterocycles. The molecule has 0 saturated carbocycles. The summed E-state index contributed by atoms with van der Waals surface area (Å²) in [6.07, 6.45) is 0. The van der Waals surface area contributed by atoms with Crippen molar-refractivity contribution in [3.05, 3.63) is 0 Å². The molecule has 0 atom stereocenters. The van der Waals surface area contributed by atoms with Gasteiger partial charge in [-0.05, 0) is 0 Å². The Labute approximate surface area is 63.6 Å². The number of hydrogen-bond acceptors (Lipinski definition) is 3. The first-order chi connectivity index (χ1) is 4.95. The Kier molecular flexibility index (Phi) is 3.32. The number of urea groups is 1. The SMILES string of the molecule is CN(C)C(=O)N(O)CC(=O)O. The first-order valence-electron chi connectivity index (χ1n) is 2.84. The molecule has 0 aliphatic rings. The lowest BCUT2D eigenvalue weighted by Gasteiger charge is -2.17. The van der Waals surface area contributed by atoms with Crippen LogP contribution in [0.4, 0.5) is 4.79 Å². The van der Waals surface area contributed by atoms with Crippen LogP contribution in [-0.2, 0) is 4.79 Å². The average Bonchev–Trinajstić information content (AvgIpc) is 1.84. The van der Waals surface area contributed by atoms with Crippen LogP contribution in [0.2, 0.25) is 0 Å². The molecule has 0 fully saturated rings. The third-order valence-electron chi connectivity index (χ3n) is 0.888. The molecule has 0 saturated heterocycles. The molecular weight excluding hydrogens is 152 g/mol. The molecule has 6 nitrogen and oxygen atoms in total. The zero-order valence-electron chi connectivity index (χ0n) is 6.31. The number of aliphatic carboxylic acids is 1. The summed E-state index contributed by atoms with van der Waals surface area (Å²) >= 11 is 0. The van der Waals surface area contributed by atoms with Gasteiger partial charge in [-0.3, -0.25) is 10.0 Å². The predicted molar refractivity (Wildman–Crippen MR) is 35.2 cm³/mol. The molecule has 6 heteroatoms. The van der Waals surface area contributed by atoms with Crippen molar-refractivity contribution in [3.8, 4) is 0 Å². The molecule has 0 spiro atoms. The van der Waals surface area contributed by atoms with E-state index < -0.39 is 18.5 Å². The fraction of sp³-hybridized carbons (Fsp3) is 0.600. The molecule has 2 amide bonds. The van der Waals surface area contributed by atoms with Crippen LogP contribution in [0.15, 0.2) is 0 Å². The van der Waals surface area contributed by atoms with Gasteiger partial charge in [-0.2, -0.15) is 5.06 Å². The minimum absolute atomic E-state index is 0.127. The minimum atomic E-state index is -1.26. The Morgan fingerprint density at radius 2 is 1.82 bits per heavy atom. The summed E-state index contributed by atoms with van der Waals surface area (Å²) in [7, 11) is 2.82. The summed E-state index contributed by atoms with van der Waals surface area (Å²) in [5.74, 6) is -1.26. The van der Waals surface area contributed by atoms with Gasteiger partial charge in [0, 0.05) is 14.1 Å². The molecule has 0 aromatic carbocycles. The number of carbonyl (C=O) groups excluding carboxylic acids is 1. The Morgan fingerprint density at radius 1 is 1.36 bits per heavy atom. The first kappa shape index (κ1) is 9.70. The molecule has 0 heterocycles. The highest BCUT2D eigenvalue weighted by Gasteiger charge is 2.15. The van der Waals surface area contributed by atoms with Gasteiger partial charge in [0.15, 0.2) is 0 Å². The van der Waals surface area contributed by atoms with Crippen molar-refractivity contribution >= 4 is 12.0 Å². The number of nitrogens with zero attached hydrogens (tertiary/aromatic N) is 2. The van der Waals surface area contributed by atoms with E-state index in [2.05, 4.69) is 0 Å². The van der Waals surface area contributed by atoms with Gasteiger partial charge >= 0.3 is 12.0 Å². The average molecular weight is 162 g/mol. The quantitative estimate of drug-likeness (QED) is 0.421. The molecule has 0 radical (unpaired) electrons. The number of carboxylic acid groups (broad SMARTS) is 1. The maximum atomic E-state index is 10.7. The second-order valence-electron chi connectivity index (χ2n) is 2.13. The largest absolute Gasteiger partial charge is 0.480 e. The van der Waals surface area contributed by atoms with E-state index in [1.807, 2.05) is 0 Å². The lowest BCUT2D eigenvalue weighted by atomic mass is 10.6. The topological polar surface area (TPSA) is 81.1 Å². The monoisotopic (exact) mass is 162 g/mol. The summed E-state index contributed by atoms with van der Waals surface area (Å²) in [5.41, 5.74) is 0. The molecule has 0 rings (SSSR count). The number of carbonyl (C=O) groups is 2. The van der Waals surface area contributed by atoms with Crippen molar-refractivity contribution in [3.63, 3.8) is 0 Å². The van der Waals surface area contributed by atoms with E-state index >= 15 is 0 Å². The highest BCUT2D eigenvalue weighted by atomic mass is 16.5. The molecule has 0 unspecified atom stereocenters. The molecule has 0 aliphatic heterocycles. The van der Waals surface area contributed by atoms with Crippen LogP contribution in [0.25, 0.3) is 0 Å². The highest BCUT2D eigenvalue weighted by molar-refractivity contribution is 5.78. The summed E-state index contributed by atoms with van der Waals surface area (Å²) in [6, 6.07) is -0.757. The van der Waals surface area contributed by atoms with Crippen LogP contribution in [0.5, 0.6) is 0 Å². The lowest BCUT2D eigenvalue weighted by molar-refractivity contribution is -0.146. The Morgan fingerprint density at radius 3 is 2.09 bits per heavy atom. The molecule has 0 bridgehead atoms. The fourth-order valence-electron chi connectivity index (χ4n) is 0.427. The van der Waals surface area contributed by atoms with E-state index in [0.29, 0.717) is 0 Å². The molecule has 0 aromatic rings. The number of amides is 2. The van der Waals surface area contributed by atoms with Crippen LogP contribution in [-0.4, -0.2) is 52.9 Å². The minimum Gasteiger partial charge on any atom is -0.480 e. The van der Waals surface area contributed by atoms with E-state index in [1.165, 1.54) is 14.1 Å². The Bertz CT molecular complexity index is 168. The van der Waals surface area contributed by atoms with E-state index in [4.69, 9.17) is 10.3 Å². The number of rotatable bonds is 2. The lowest BCUT2D eigenvalue weighted by Crippen LogP contribution is -2.39. The van der Waals surface area contributed by atoms with E-state index in [9.17, 15) is 9.59 Å². The number of hydroxylamine groups is 2. The van der Waals surface area contributed by atoms with Gasteiger partial charge in [-0.1, -0.05) is 0 Å². The van der Waals surface area contributed by atoms with Crippen LogP contribution in [0.3, 0.4) is 0 Å². The zero-order valence-corrected chi connectivity index (χ0v) is 6.31. The molecule has 2 N–H and O–H groups in total. The van der Waals surface area contributed by atoms with E-state index in [0.717, 1.165) is 4.90 Å². The smallest absolute Gasteiger partial charge is 0.343 e. The number of hydrogen-bond donors (Lipinski definition) is 2. The van der Waals surface area contributed by atoms with E-state index in [1.54, 1.807) is 0 Å². The van der Waals surface area contributed by atoms with Crippen LogP contribution < -0.4 is 0 Å².